The van der Waals surface area contributed by atoms with E-state index in [2.05, 4.69) is 25.6 Å². The van der Waals surface area contributed by atoms with Crippen LogP contribution in [0, 0.1) is 10.1 Å². The summed E-state index contributed by atoms with van der Waals surface area (Å²) in [5, 5.41) is 13.6. The summed E-state index contributed by atoms with van der Waals surface area (Å²) in [5.41, 5.74) is 0. The summed E-state index contributed by atoms with van der Waals surface area (Å²) < 4.78 is 0. The van der Waals surface area contributed by atoms with E-state index in [0.29, 0.717) is 0 Å². The van der Waals surface area contributed by atoms with E-state index in [-0.39, 0.29) is 22.4 Å². The molecule has 0 aliphatic carbocycles. The zero-order valence-corrected chi connectivity index (χ0v) is 11.0. The molecular formula is C8H19AgNO3S. The van der Waals surface area contributed by atoms with Crippen molar-refractivity contribution in [2.45, 2.75) is 39.5 Å². The zero-order chi connectivity index (χ0) is 10.5. The summed E-state index contributed by atoms with van der Waals surface area (Å²) in [4.78, 5) is 8.36. The van der Waals surface area contributed by atoms with Crippen LogP contribution in [0.3, 0.4) is 0 Å². The Morgan fingerprint density at radius 3 is 1.71 bits per heavy atom. The van der Waals surface area contributed by atoms with Gasteiger partial charge in [0.1, 0.15) is 0 Å². The van der Waals surface area contributed by atoms with Gasteiger partial charge in [-0.25, -0.2) is 0 Å². The molecule has 0 amide bonds. The van der Waals surface area contributed by atoms with Gasteiger partial charge in [-0.2, -0.15) is 11.8 Å². The van der Waals surface area contributed by atoms with Crippen molar-refractivity contribution in [2.75, 3.05) is 11.5 Å². The Balaban J connectivity index is -0.000000209. The molecule has 91 valence electrons. The van der Waals surface area contributed by atoms with E-state index in [0.717, 1.165) is 0 Å². The molecule has 4 nitrogen and oxygen atoms in total. The first-order chi connectivity index (χ1) is 6.15. The van der Waals surface area contributed by atoms with Gasteiger partial charge in [0, 0.05) is 22.4 Å². The van der Waals surface area contributed by atoms with Crippen LogP contribution >= 0.6 is 11.8 Å². The standard InChI is InChI=1S/C8H18S.Ag.HNO3/c1-3-5-7-9-8-6-4-2;;2-1(3)4/h3-8H2,1-2H3;;(H,2,3,4). The van der Waals surface area contributed by atoms with Crippen LogP contribution < -0.4 is 0 Å². The van der Waals surface area contributed by atoms with Gasteiger partial charge in [0.25, 0.3) is 5.09 Å². The normalized spacial score (nSPS) is 8.14. The van der Waals surface area contributed by atoms with E-state index in [9.17, 15) is 0 Å². The molecule has 0 atom stereocenters. The summed E-state index contributed by atoms with van der Waals surface area (Å²) in [6.07, 6.45) is 5.49. The molecule has 0 fully saturated rings. The van der Waals surface area contributed by atoms with Crippen LogP contribution in [-0.2, 0) is 22.4 Å². The number of rotatable bonds is 6. The molecule has 0 saturated heterocycles. The van der Waals surface area contributed by atoms with Crippen LogP contribution in [0.15, 0.2) is 0 Å². The molecule has 0 aromatic rings. The van der Waals surface area contributed by atoms with Crippen molar-refractivity contribution in [2.24, 2.45) is 0 Å². The Bertz CT molecular complexity index is 107. The molecule has 0 unspecified atom stereocenters. The van der Waals surface area contributed by atoms with E-state index in [1.807, 2.05) is 0 Å². The van der Waals surface area contributed by atoms with Crippen molar-refractivity contribution in [1.82, 2.24) is 0 Å². The Labute approximate surface area is 105 Å². The van der Waals surface area contributed by atoms with Crippen molar-refractivity contribution in [3.63, 3.8) is 0 Å². The molecule has 0 aromatic heterocycles. The summed E-state index contributed by atoms with van der Waals surface area (Å²) in [6, 6.07) is 0. The van der Waals surface area contributed by atoms with Gasteiger partial charge in [-0.1, -0.05) is 26.7 Å². The van der Waals surface area contributed by atoms with Crippen LogP contribution in [0.4, 0.5) is 0 Å². The second-order valence-corrected chi connectivity index (χ2v) is 3.78. The largest absolute Gasteiger partial charge is 0.328 e. The number of nitrogens with zero attached hydrogens (tertiary/aromatic N) is 1. The SMILES string of the molecule is CCCCSCCCC.O=[N+]([O-])O.[Ag]. The third-order valence-corrected chi connectivity index (χ3v) is 2.44. The minimum Gasteiger partial charge on any atom is -0.328 e. The fourth-order valence-electron chi connectivity index (χ4n) is 0.595. The molecule has 1 radical (unpaired) electrons. The first kappa shape index (κ1) is 19.8. The van der Waals surface area contributed by atoms with Crippen LogP contribution in [0.2, 0.25) is 0 Å². The van der Waals surface area contributed by atoms with Crippen LogP contribution in [0.1, 0.15) is 39.5 Å². The second kappa shape index (κ2) is 19.0. The van der Waals surface area contributed by atoms with Gasteiger partial charge in [-0.15, -0.1) is 10.1 Å². The van der Waals surface area contributed by atoms with Gasteiger partial charge in [0.2, 0.25) is 0 Å². The van der Waals surface area contributed by atoms with Crippen LogP contribution in [0.5, 0.6) is 0 Å². The first-order valence-corrected chi connectivity index (χ1v) is 5.71. The molecule has 1 N–H and O–H groups in total. The van der Waals surface area contributed by atoms with Gasteiger partial charge < -0.3 is 5.21 Å². The van der Waals surface area contributed by atoms with Crippen LogP contribution in [-0.4, -0.2) is 21.8 Å². The first-order valence-electron chi connectivity index (χ1n) is 4.56. The van der Waals surface area contributed by atoms with Crippen molar-refractivity contribution < 1.29 is 32.7 Å². The minimum absolute atomic E-state index is 0. The van der Waals surface area contributed by atoms with E-state index < -0.39 is 5.09 Å². The predicted octanol–water partition coefficient (Wildman–Crippen LogP) is 2.97. The van der Waals surface area contributed by atoms with E-state index in [4.69, 9.17) is 15.3 Å². The Morgan fingerprint density at radius 1 is 1.21 bits per heavy atom. The molecule has 0 heterocycles. The predicted molar refractivity (Wildman–Crippen MR) is 55.9 cm³/mol. The van der Waals surface area contributed by atoms with Crippen LogP contribution in [0.25, 0.3) is 0 Å². The molecule has 0 spiro atoms. The molecule has 6 heteroatoms. The number of hydrogen-bond donors (Lipinski definition) is 1. The van der Waals surface area contributed by atoms with Gasteiger partial charge in [0.15, 0.2) is 0 Å². The summed E-state index contributed by atoms with van der Waals surface area (Å²) >= 11 is 2.10. The van der Waals surface area contributed by atoms with Crippen molar-refractivity contribution >= 4 is 11.8 Å². The zero-order valence-electron chi connectivity index (χ0n) is 8.66. The second-order valence-electron chi connectivity index (χ2n) is 2.56. The summed E-state index contributed by atoms with van der Waals surface area (Å²) in [6.45, 7) is 4.50. The van der Waals surface area contributed by atoms with Gasteiger partial charge in [0.05, 0.1) is 0 Å². The molecule has 0 aromatic carbocycles. The smallest absolute Gasteiger partial charge is 0.291 e. The Morgan fingerprint density at radius 2 is 1.50 bits per heavy atom. The van der Waals surface area contributed by atoms with Gasteiger partial charge >= 0.3 is 0 Å². The van der Waals surface area contributed by atoms with Gasteiger partial charge in [-0.05, 0) is 24.3 Å². The number of unbranched alkanes of at least 4 members (excludes halogenated alkanes) is 2. The van der Waals surface area contributed by atoms with E-state index >= 15 is 0 Å². The average molecular weight is 317 g/mol. The van der Waals surface area contributed by atoms with Crippen molar-refractivity contribution in [1.29, 1.82) is 0 Å². The van der Waals surface area contributed by atoms with Crippen molar-refractivity contribution in [3.8, 4) is 0 Å². The average Bonchev–Trinajstić information content (AvgIpc) is 2.03. The molecule has 0 saturated carbocycles. The van der Waals surface area contributed by atoms with E-state index in [1.165, 1.54) is 37.2 Å². The maximum Gasteiger partial charge on any atom is 0.291 e. The monoisotopic (exact) mass is 316 g/mol. The minimum atomic E-state index is -1.50. The quantitative estimate of drug-likeness (QED) is 0.354. The fourth-order valence-corrected chi connectivity index (χ4v) is 1.78. The fraction of sp³-hybridized carbons (Fsp3) is 1.00. The molecule has 0 bridgehead atoms. The maximum absolute atomic E-state index is 8.36. The summed E-state index contributed by atoms with van der Waals surface area (Å²) in [7, 11) is 0. The molecular weight excluding hydrogens is 298 g/mol. The van der Waals surface area contributed by atoms with E-state index in [1.54, 1.807) is 0 Å². The van der Waals surface area contributed by atoms with Gasteiger partial charge in [-0.3, -0.25) is 0 Å². The molecule has 0 aliphatic heterocycles. The Kier molecular flexibility index (Phi) is 26.8. The van der Waals surface area contributed by atoms with Crippen molar-refractivity contribution in [3.05, 3.63) is 10.1 Å². The molecule has 0 rings (SSSR count). The Hall–Kier alpha value is 0.290. The molecule has 0 aliphatic rings. The number of hydrogen-bond acceptors (Lipinski definition) is 3. The third-order valence-electron chi connectivity index (χ3n) is 1.28. The maximum atomic E-state index is 8.36. The summed E-state index contributed by atoms with van der Waals surface area (Å²) in [5.74, 6) is 2.74. The number of thioether (sulfide) groups is 1. The topological polar surface area (TPSA) is 63.4 Å². The third kappa shape index (κ3) is 39.6. The molecule has 14 heavy (non-hydrogen) atoms.